The molecule has 0 spiro atoms. The fourth-order valence-electron chi connectivity index (χ4n) is 5.17. The van der Waals surface area contributed by atoms with Crippen molar-refractivity contribution in [1.29, 1.82) is 0 Å². The van der Waals surface area contributed by atoms with Crippen molar-refractivity contribution in [2.24, 2.45) is 5.92 Å². The van der Waals surface area contributed by atoms with E-state index in [-0.39, 0.29) is 23.8 Å². The summed E-state index contributed by atoms with van der Waals surface area (Å²) in [6.07, 6.45) is 4.94. The molecule has 2 aliphatic heterocycles. The SMILES string of the molecule is CCc1cc(C(=O)N2CCCCC[C@H]2C)nc2cc(-c3ccc(N4CC(C(=O)OC)C4)cc3F)nn12. The minimum atomic E-state index is -0.398. The van der Waals surface area contributed by atoms with Crippen molar-refractivity contribution >= 4 is 23.2 Å². The molecule has 190 valence electrons. The molecule has 0 radical (unpaired) electrons. The number of nitrogens with zero attached hydrogens (tertiary/aromatic N) is 5. The Kier molecular flexibility index (Phi) is 6.64. The van der Waals surface area contributed by atoms with Gasteiger partial charge in [-0.2, -0.15) is 5.10 Å². The highest BCUT2D eigenvalue weighted by Gasteiger charge is 2.34. The van der Waals surface area contributed by atoms with Gasteiger partial charge in [-0.1, -0.05) is 19.8 Å². The van der Waals surface area contributed by atoms with E-state index in [1.165, 1.54) is 13.2 Å². The molecule has 2 aliphatic rings. The number of benzene rings is 1. The summed E-state index contributed by atoms with van der Waals surface area (Å²) >= 11 is 0. The zero-order chi connectivity index (χ0) is 25.4. The summed E-state index contributed by atoms with van der Waals surface area (Å²) in [6, 6.07) is 8.73. The maximum absolute atomic E-state index is 15.2. The third kappa shape index (κ3) is 4.42. The second-order valence-electron chi connectivity index (χ2n) is 9.77. The first-order valence-electron chi connectivity index (χ1n) is 12.7. The third-order valence-corrected chi connectivity index (χ3v) is 7.41. The van der Waals surface area contributed by atoms with Crippen LogP contribution < -0.4 is 4.90 Å². The van der Waals surface area contributed by atoms with Crippen molar-refractivity contribution in [3.63, 3.8) is 0 Å². The molecule has 1 amide bonds. The molecular formula is C27H32FN5O3. The molecule has 36 heavy (non-hydrogen) atoms. The molecule has 9 heteroatoms. The summed E-state index contributed by atoms with van der Waals surface area (Å²) in [7, 11) is 1.38. The number of hydrogen-bond acceptors (Lipinski definition) is 6. The first kappa shape index (κ1) is 24.2. The molecule has 0 saturated carbocycles. The van der Waals surface area contributed by atoms with Crippen molar-refractivity contribution < 1.29 is 18.7 Å². The van der Waals surface area contributed by atoms with Gasteiger partial charge >= 0.3 is 5.97 Å². The minimum Gasteiger partial charge on any atom is -0.469 e. The topological polar surface area (TPSA) is 80.0 Å². The van der Waals surface area contributed by atoms with E-state index in [1.807, 2.05) is 28.9 Å². The number of methoxy groups -OCH3 is 1. The lowest BCUT2D eigenvalue weighted by atomic mass is 9.99. The van der Waals surface area contributed by atoms with E-state index in [2.05, 4.69) is 17.0 Å². The van der Waals surface area contributed by atoms with Gasteiger partial charge in [0.05, 0.1) is 18.7 Å². The number of likely N-dealkylation sites (tertiary alicyclic amines) is 1. The predicted molar refractivity (Wildman–Crippen MR) is 134 cm³/mol. The second-order valence-corrected chi connectivity index (χ2v) is 9.77. The zero-order valence-electron chi connectivity index (χ0n) is 21.0. The average molecular weight is 494 g/mol. The van der Waals surface area contributed by atoms with Crippen LogP contribution in [-0.2, 0) is 16.0 Å². The van der Waals surface area contributed by atoms with Gasteiger partial charge < -0.3 is 14.5 Å². The monoisotopic (exact) mass is 493 g/mol. The number of hydrogen-bond donors (Lipinski definition) is 0. The molecule has 1 atom stereocenters. The molecule has 2 saturated heterocycles. The van der Waals surface area contributed by atoms with E-state index in [0.29, 0.717) is 47.8 Å². The number of aromatic nitrogens is 3. The number of fused-ring (bicyclic) bond motifs is 1. The molecule has 0 N–H and O–H groups in total. The molecule has 4 heterocycles. The van der Waals surface area contributed by atoms with Gasteiger partial charge in [-0.3, -0.25) is 9.59 Å². The number of carbonyl (C=O) groups excluding carboxylic acids is 2. The summed E-state index contributed by atoms with van der Waals surface area (Å²) in [5.41, 5.74) is 3.33. The number of rotatable bonds is 5. The largest absolute Gasteiger partial charge is 0.469 e. The van der Waals surface area contributed by atoms with Crippen LogP contribution in [0.15, 0.2) is 30.3 Å². The number of anilines is 1. The van der Waals surface area contributed by atoms with Crippen LogP contribution in [0.3, 0.4) is 0 Å². The van der Waals surface area contributed by atoms with Gasteiger partial charge in [-0.15, -0.1) is 0 Å². The van der Waals surface area contributed by atoms with Crippen molar-refractivity contribution in [2.45, 2.75) is 52.0 Å². The summed E-state index contributed by atoms with van der Waals surface area (Å²) in [5.74, 6) is -0.871. The Morgan fingerprint density at radius 3 is 2.67 bits per heavy atom. The summed E-state index contributed by atoms with van der Waals surface area (Å²) in [5, 5.41) is 4.63. The Hall–Kier alpha value is -3.49. The maximum Gasteiger partial charge on any atom is 0.312 e. The number of esters is 1. The van der Waals surface area contributed by atoms with E-state index < -0.39 is 5.82 Å². The Morgan fingerprint density at radius 1 is 1.14 bits per heavy atom. The molecule has 3 aromatic rings. The van der Waals surface area contributed by atoms with Gasteiger partial charge in [-0.25, -0.2) is 13.9 Å². The summed E-state index contributed by atoms with van der Waals surface area (Å²) in [6.45, 7) is 5.87. The van der Waals surface area contributed by atoms with Crippen LogP contribution in [0.4, 0.5) is 10.1 Å². The molecular weight excluding hydrogens is 461 g/mol. The third-order valence-electron chi connectivity index (χ3n) is 7.41. The van der Waals surface area contributed by atoms with E-state index in [0.717, 1.165) is 37.9 Å². The van der Waals surface area contributed by atoms with Gasteiger partial charge in [0.25, 0.3) is 5.91 Å². The van der Waals surface area contributed by atoms with Crippen LogP contribution in [0.5, 0.6) is 0 Å². The Morgan fingerprint density at radius 2 is 1.94 bits per heavy atom. The maximum atomic E-state index is 15.2. The lowest BCUT2D eigenvalue weighted by molar-refractivity contribution is -0.146. The molecule has 5 rings (SSSR count). The molecule has 0 unspecified atom stereocenters. The first-order chi connectivity index (χ1) is 17.4. The number of ether oxygens (including phenoxy) is 1. The lowest BCUT2D eigenvalue weighted by Crippen LogP contribution is -2.50. The highest BCUT2D eigenvalue weighted by atomic mass is 19.1. The van der Waals surface area contributed by atoms with Crippen molar-refractivity contribution in [1.82, 2.24) is 19.5 Å². The molecule has 0 bridgehead atoms. The fraction of sp³-hybridized carbons (Fsp3) is 0.481. The average Bonchev–Trinajstić information content (AvgIpc) is 3.16. The number of aryl methyl sites for hydroxylation is 1. The normalized spacial score (nSPS) is 18.7. The van der Waals surface area contributed by atoms with Crippen LogP contribution in [0, 0.1) is 11.7 Å². The molecule has 2 fully saturated rings. The van der Waals surface area contributed by atoms with Gasteiger partial charge in [0.15, 0.2) is 5.65 Å². The van der Waals surface area contributed by atoms with Gasteiger partial charge in [0.1, 0.15) is 11.5 Å². The molecule has 8 nitrogen and oxygen atoms in total. The smallest absolute Gasteiger partial charge is 0.312 e. The van der Waals surface area contributed by atoms with Crippen molar-refractivity contribution in [2.75, 3.05) is 31.6 Å². The van der Waals surface area contributed by atoms with E-state index in [1.54, 1.807) is 16.6 Å². The standard InChI is InChI=1S/C27H32FN5O3/c1-4-19-13-24(26(34)32-11-7-5-6-8-17(32)2)29-25-14-23(30-33(19)25)21-10-9-20(12-22(21)28)31-15-18(16-31)27(35)36-3/h9-10,12-14,17-18H,4-8,11,15-16H2,1-3H3/t17-/m1/s1. The zero-order valence-corrected chi connectivity index (χ0v) is 21.0. The Labute approximate surface area is 210 Å². The summed E-state index contributed by atoms with van der Waals surface area (Å²) < 4.78 is 21.6. The Balaban J connectivity index is 1.42. The van der Waals surface area contributed by atoms with Crippen LogP contribution in [0.1, 0.15) is 55.7 Å². The number of amides is 1. The van der Waals surface area contributed by atoms with Crippen LogP contribution in [0.25, 0.3) is 16.9 Å². The number of halogens is 1. The first-order valence-corrected chi connectivity index (χ1v) is 12.7. The van der Waals surface area contributed by atoms with E-state index in [4.69, 9.17) is 4.74 Å². The molecule has 1 aromatic carbocycles. The predicted octanol–water partition coefficient (Wildman–Crippen LogP) is 4.11. The van der Waals surface area contributed by atoms with Gasteiger partial charge in [-0.05, 0) is 50.5 Å². The van der Waals surface area contributed by atoms with Gasteiger partial charge in [0.2, 0.25) is 0 Å². The molecule has 0 aliphatic carbocycles. The van der Waals surface area contributed by atoms with Crippen molar-refractivity contribution in [3.05, 3.63) is 47.5 Å². The molecule has 2 aromatic heterocycles. The Bertz CT molecular complexity index is 1300. The quantitative estimate of drug-likeness (QED) is 0.498. The summed E-state index contributed by atoms with van der Waals surface area (Å²) in [4.78, 5) is 33.5. The highest BCUT2D eigenvalue weighted by Crippen LogP contribution is 2.31. The van der Waals surface area contributed by atoms with Crippen LogP contribution >= 0.6 is 0 Å². The lowest BCUT2D eigenvalue weighted by Gasteiger charge is -2.39. The van der Waals surface area contributed by atoms with Gasteiger partial charge in [0, 0.05) is 48.7 Å². The van der Waals surface area contributed by atoms with E-state index >= 15 is 4.39 Å². The second kappa shape index (κ2) is 9.87. The highest BCUT2D eigenvalue weighted by molar-refractivity contribution is 5.93. The van der Waals surface area contributed by atoms with Crippen molar-refractivity contribution in [3.8, 4) is 11.3 Å². The fourth-order valence-corrected chi connectivity index (χ4v) is 5.17. The number of carbonyl (C=O) groups is 2. The van der Waals surface area contributed by atoms with Crippen LogP contribution in [-0.4, -0.2) is 64.2 Å². The minimum absolute atomic E-state index is 0.0558. The van der Waals surface area contributed by atoms with E-state index in [9.17, 15) is 9.59 Å². The van der Waals surface area contributed by atoms with Crippen LogP contribution in [0.2, 0.25) is 0 Å².